The quantitative estimate of drug-likeness (QED) is 0.645. The van der Waals surface area contributed by atoms with E-state index in [0.717, 1.165) is 38.2 Å². The summed E-state index contributed by atoms with van der Waals surface area (Å²) in [5.41, 5.74) is -0.0680. The molecule has 8 nitrogen and oxygen atoms in total. The number of sulfonamides is 1. The largest absolute Gasteiger partial charge is 0.449 e. The van der Waals surface area contributed by atoms with E-state index in [2.05, 4.69) is 4.98 Å². The molecular formula is C19H22ClN3O5S2. The molecule has 0 radical (unpaired) electrons. The molecule has 1 aliphatic rings. The molecular weight excluding hydrogens is 450 g/mol. The van der Waals surface area contributed by atoms with Crippen LogP contribution in [0.5, 0.6) is 0 Å². The van der Waals surface area contributed by atoms with E-state index in [1.54, 1.807) is 16.5 Å². The van der Waals surface area contributed by atoms with E-state index in [1.807, 2.05) is 0 Å². The Bertz CT molecular complexity index is 1020. The Morgan fingerprint density at radius 2 is 2.00 bits per heavy atom. The average Bonchev–Trinajstić information content (AvgIpc) is 3.22. The summed E-state index contributed by atoms with van der Waals surface area (Å²) < 4.78 is 28.6. The van der Waals surface area contributed by atoms with Gasteiger partial charge in [0.15, 0.2) is 11.2 Å². The molecule has 1 aliphatic carbocycles. The zero-order valence-electron chi connectivity index (χ0n) is 16.3. The van der Waals surface area contributed by atoms with Crippen molar-refractivity contribution in [1.29, 1.82) is 0 Å². The van der Waals surface area contributed by atoms with Crippen molar-refractivity contribution in [3.05, 3.63) is 40.4 Å². The fraction of sp³-hybridized carbons (Fsp3) is 0.421. The summed E-state index contributed by atoms with van der Waals surface area (Å²) >= 11 is 7.20. The summed E-state index contributed by atoms with van der Waals surface area (Å²) in [5, 5.41) is 7.37. The van der Waals surface area contributed by atoms with Crippen LogP contribution < -0.4 is 10.0 Å². The van der Waals surface area contributed by atoms with Gasteiger partial charge in [-0.1, -0.05) is 30.9 Å². The SMILES string of the molecule is CC(OC(=O)c1ccc(Cl)c(S(N)(=O)=O)c1)C(=O)N(c1nccs1)C1CCCCC1. The Hall–Kier alpha value is -2.01. The van der Waals surface area contributed by atoms with Crippen molar-refractivity contribution in [3.8, 4) is 0 Å². The number of aromatic nitrogens is 1. The molecule has 2 aromatic rings. The normalized spacial score (nSPS) is 16.1. The lowest BCUT2D eigenvalue weighted by Gasteiger charge is -2.33. The maximum atomic E-state index is 13.2. The smallest absolute Gasteiger partial charge is 0.338 e. The Kier molecular flexibility index (Phi) is 7.12. The zero-order valence-corrected chi connectivity index (χ0v) is 18.7. The molecule has 1 aromatic carbocycles. The van der Waals surface area contributed by atoms with Gasteiger partial charge in [0.25, 0.3) is 5.91 Å². The second-order valence-corrected chi connectivity index (χ2v) is 9.86. The number of primary sulfonamides is 1. The van der Waals surface area contributed by atoms with Crippen molar-refractivity contribution >= 4 is 50.0 Å². The van der Waals surface area contributed by atoms with E-state index >= 15 is 0 Å². The third kappa shape index (κ3) is 5.18. The third-order valence-electron chi connectivity index (χ3n) is 4.91. The van der Waals surface area contributed by atoms with Crippen LogP contribution in [-0.2, 0) is 19.6 Å². The Labute approximate surface area is 184 Å². The predicted molar refractivity (Wildman–Crippen MR) is 114 cm³/mol. The monoisotopic (exact) mass is 471 g/mol. The molecule has 11 heteroatoms. The van der Waals surface area contributed by atoms with Crippen LogP contribution in [0, 0.1) is 0 Å². The first kappa shape index (κ1) is 22.7. The molecule has 0 aliphatic heterocycles. The van der Waals surface area contributed by atoms with Gasteiger partial charge in [0.2, 0.25) is 10.0 Å². The molecule has 162 valence electrons. The number of nitrogens with zero attached hydrogens (tertiary/aromatic N) is 2. The van der Waals surface area contributed by atoms with Gasteiger partial charge in [-0.05, 0) is 38.0 Å². The Morgan fingerprint density at radius 3 is 2.60 bits per heavy atom. The highest BCUT2D eigenvalue weighted by molar-refractivity contribution is 7.89. The number of carbonyl (C=O) groups excluding carboxylic acids is 2. The van der Waals surface area contributed by atoms with Gasteiger partial charge in [0.05, 0.1) is 10.6 Å². The molecule has 0 spiro atoms. The summed E-state index contributed by atoms with van der Waals surface area (Å²) in [5.74, 6) is -1.22. The fourth-order valence-electron chi connectivity index (χ4n) is 3.43. The Balaban J connectivity index is 1.79. The molecule has 1 aromatic heterocycles. The van der Waals surface area contributed by atoms with Crippen LogP contribution in [0.1, 0.15) is 49.4 Å². The number of esters is 1. The lowest BCUT2D eigenvalue weighted by molar-refractivity contribution is -0.127. The van der Waals surface area contributed by atoms with Gasteiger partial charge >= 0.3 is 5.97 Å². The summed E-state index contributed by atoms with van der Waals surface area (Å²) in [4.78, 5) is 31.2. The first-order valence-electron chi connectivity index (χ1n) is 9.44. The van der Waals surface area contributed by atoms with E-state index < -0.39 is 22.1 Å². The number of anilines is 1. The molecule has 3 rings (SSSR count). The van der Waals surface area contributed by atoms with Crippen molar-refractivity contribution in [2.24, 2.45) is 5.14 Å². The Morgan fingerprint density at radius 1 is 1.30 bits per heavy atom. The number of halogens is 1. The first-order valence-corrected chi connectivity index (χ1v) is 12.2. The number of hydrogen-bond acceptors (Lipinski definition) is 7. The topological polar surface area (TPSA) is 120 Å². The number of nitrogens with two attached hydrogens (primary N) is 1. The minimum absolute atomic E-state index is 0.00284. The third-order valence-corrected chi connectivity index (χ3v) is 7.07. The van der Waals surface area contributed by atoms with Crippen molar-refractivity contribution in [3.63, 3.8) is 0 Å². The minimum Gasteiger partial charge on any atom is -0.449 e. The molecule has 0 bridgehead atoms. The van der Waals surface area contributed by atoms with E-state index in [1.165, 1.54) is 30.4 Å². The van der Waals surface area contributed by atoms with Crippen LogP contribution in [0.2, 0.25) is 5.02 Å². The zero-order chi connectivity index (χ0) is 21.9. The molecule has 1 unspecified atom stereocenters. The maximum Gasteiger partial charge on any atom is 0.338 e. The molecule has 1 heterocycles. The van der Waals surface area contributed by atoms with Gasteiger partial charge in [-0.15, -0.1) is 11.3 Å². The van der Waals surface area contributed by atoms with Gasteiger partial charge in [0.1, 0.15) is 4.90 Å². The number of carbonyl (C=O) groups is 2. The van der Waals surface area contributed by atoms with Crippen molar-refractivity contribution in [2.45, 2.75) is 56.1 Å². The molecule has 0 saturated heterocycles. The number of rotatable bonds is 6. The molecule has 1 fully saturated rings. The van der Waals surface area contributed by atoms with Crippen LogP contribution in [-0.4, -0.2) is 37.4 Å². The second kappa shape index (κ2) is 9.42. The van der Waals surface area contributed by atoms with Gasteiger partial charge < -0.3 is 4.74 Å². The number of hydrogen-bond donors (Lipinski definition) is 1. The van der Waals surface area contributed by atoms with Crippen LogP contribution in [0.15, 0.2) is 34.7 Å². The number of benzene rings is 1. The first-order chi connectivity index (χ1) is 14.2. The number of ether oxygens (including phenoxy) is 1. The van der Waals surface area contributed by atoms with Crippen molar-refractivity contribution in [2.75, 3.05) is 4.90 Å². The van der Waals surface area contributed by atoms with Crippen molar-refractivity contribution in [1.82, 2.24) is 4.98 Å². The molecule has 30 heavy (non-hydrogen) atoms. The summed E-state index contributed by atoms with van der Waals surface area (Å²) in [6.45, 7) is 1.49. The van der Waals surface area contributed by atoms with Gasteiger partial charge in [-0.3, -0.25) is 9.69 Å². The van der Waals surface area contributed by atoms with Crippen LogP contribution in [0.3, 0.4) is 0 Å². The molecule has 1 amide bonds. The number of thiazole rings is 1. The summed E-state index contributed by atoms with van der Waals surface area (Å²) in [7, 11) is -4.11. The highest BCUT2D eigenvalue weighted by Crippen LogP contribution is 2.30. The molecule has 1 atom stereocenters. The summed E-state index contributed by atoms with van der Waals surface area (Å²) in [6, 6.07) is 3.60. The lowest BCUT2D eigenvalue weighted by atomic mass is 9.94. The fourth-order valence-corrected chi connectivity index (χ4v) is 5.22. The average molecular weight is 472 g/mol. The lowest BCUT2D eigenvalue weighted by Crippen LogP contribution is -2.47. The highest BCUT2D eigenvalue weighted by atomic mass is 35.5. The van der Waals surface area contributed by atoms with E-state index in [0.29, 0.717) is 5.13 Å². The van der Waals surface area contributed by atoms with E-state index in [-0.39, 0.29) is 27.4 Å². The van der Waals surface area contributed by atoms with E-state index in [4.69, 9.17) is 21.5 Å². The van der Waals surface area contributed by atoms with Crippen LogP contribution in [0.25, 0.3) is 0 Å². The van der Waals surface area contributed by atoms with Gasteiger partial charge in [-0.25, -0.2) is 23.3 Å². The molecule has 1 saturated carbocycles. The van der Waals surface area contributed by atoms with E-state index in [9.17, 15) is 18.0 Å². The number of amides is 1. The summed E-state index contributed by atoms with van der Waals surface area (Å²) in [6.07, 6.45) is 5.44. The van der Waals surface area contributed by atoms with Crippen LogP contribution in [0.4, 0.5) is 5.13 Å². The van der Waals surface area contributed by atoms with Crippen molar-refractivity contribution < 1.29 is 22.7 Å². The minimum atomic E-state index is -4.11. The van der Waals surface area contributed by atoms with Crippen LogP contribution >= 0.6 is 22.9 Å². The van der Waals surface area contributed by atoms with Gasteiger partial charge in [-0.2, -0.15) is 0 Å². The standard InChI is InChI=1S/C19H22ClN3O5S2/c1-12(28-18(25)13-7-8-15(20)16(11-13)30(21,26)27)17(24)23(19-22-9-10-29-19)14-5-3-2-4-6-14/h7-12,14H,2-6H2,1H3,(H2,21,26,27). The maximum absolute atomic E-state index is 13.2. The van der Waals surface area contributed by atoms with Gasteiger partial charge in [0, 0.05) is 17.6 Å². The predicted octanol–water partition coefficient (Wildman–Crippen LogP) is 3.36. The second-order valence-electron chi connectivity index (χ2n) is 7.05. The highest BCUT2D eigenvalue weighted by Gasteiger charge is 2.33. The molecule has 2 N–H and O–H groups in total.